The van der Waals surface area contributed by atoms with Gasteiger partial charge < -0.3 is 19.4 Å². The van der Waals surface area contributed by atoms with Gasteiger partial charge in [-0.05, 0) is 42.4 Å². The van der Waals surface area contributed by atoms with Crippen LogP contribution < -0.4 is 4.90 Å². The number of piperazine rings is 1. The third kappa shape index (κ3) is 4.64. The van der Waals surface area contributed by atoms with Crippen LogP contribution in [0.25, 0.3) is 31.6 Å². The first kappa shape index (κ1) is 24.2. The lowest BCUT2D eigenvalue weighted by molar-refractivity contribution is 0.0402. The average Bonchev–Trinajstić information content (AvgIpc) is 3.64. The molecule has 2 saturated heterocycles. The number of hydrogen-bond acceptors (Lipinski definition) is 8. The number of nitrogens with one attached hydrogen (secondary N) is 1. The first-order chi connectivity index (χ1) is 19.1. The second-order valence-electron chi connectivity index (χ2n) is 10.2. The van der Waals surface area contributed by atoms with E-state index in [0.29, 0.717) is 19.1 Å². The summed E-state index contributed by atoms with van der Waals surface area (Å²) in [5.74, 6) is 0.805. The van der Waals surface area contributed by atoms with Crippen LogP contribution in [0.3, 0.4) is 0 Å². The van der Waals surface area contributed by atoms with E-state index in [0.717, 1.165) is 75.4 Å². The van der Waals surface area contributed by atoms with Gasteiger partial charge in [0, 0.05) is 48.6 Å². The number of fused-ring (bicyclic) bond motifs is 2. The van der Waals surface area contributed by atoms with Crippen LogP contribution in [0.5, 0.6) is 0 Å². The van der Waals surface area contributed by atoms with Crippen molar-refractivity contribution in [2.45, 2.75) is 6.10 Å². The van der Waals surface area contributed by atoms with Crippen molar-refractivity contribution in [2.75, 3.05) is 57.8 Å². The van der Waals surface area contributed by atoms with E-state index >= 15 is 0 Å². The molecule has 3 aromatic heterocycles. The van der Waals surface area contributed by atoms with E-state index in [4.69, 9.17) is 14.7 Å². The Morgan fingerprint density at radius 1 is 1.05 bits per heavy atom. The first-order valence-electron chi connectivity index (χ1n) is 13.3. The van der Waals surface area contributed by atoms with Gasteiger partial charge in [-0.3, -0.25) is 9.89 Å². The molecule has 0 bridgehead atoms. The van der Waals surface area contributed by atoms with E-state index in [9.17, 15) is 4.79 Å². The molecule has 39 heavy (non-hydrogen) atoms. The molecule has 0 radical (unpaired) electrons. The number of thiophene rings is 1. The Bertz CT molecular complexity index is 1660. The van der Waals surface area contributed by atoms with Crippen LogP contribution in [0.4, 0.5) is 5.95 Å². The number of likely N-dealkylation sites (N-methyl/N-ethyl adjacent to an activating group) is 1. The zero-order valence-corrected chi connectivity index (χ0v) is 22.5. The molecule has 198 valence electrons. The molecule has 2 fully saturated rings. The largest absolute Gasteiger partial charge is 0.370 e. The van der Waals surface area contributed by atoms with Gasteiger partial charge in [0.25, 0.3) is 5.91 Å². The molecule has 0 saturated carbocycles. The predicted molar refractivity (Wildman–Crippen MR) is 153 cm³/mol. The minimum Gasteiger partial charge on any atom is -0.370 e. The second kappa shape index (κ2) is 10.0. The van der Waals surface area contributed by atoms with E-state index < -0.39 is 0 Å². The van der Waals surface area contributed by atoms with Crippen LogP contribution in [0.15, 0.2) is 60.9 Å². The van der Waals surface area contributed by atoms with Gasteiger partial charge in [-0.15, -0.1) is 11.3 Å². The highest BCUT2D eigenvalue weighted by atomic mass is 32.1. The number of H-pyrrole nitrogens is 1. The maximum Gasteiger partial charge on any atom is 0.253 e. The maximum atomic E-state index is 13.1. The summed E-state index contributed by atoms with van der Waals surface area (Å²) < 4.78 is 7.18. The van der Waals surface area contributed by atoms with Crippen molar-refractivity contribution >= 4 is 44.3 Å². The van der Waals surface area contributed by atoms with Crippen LogP contribution in [0.2, 0.25) is 0 Å². The number of rotatable bonds is 4. The molecule has 0 aliphatic carbocycles. The minimum atomic E-state index is -0.0852. The fourth-order valence-corrected chi connectivity index (χ4v) is 6.38. The van der Waals surface area contributed by atoms with Crippen molar-refractivity contribution in [3.8, 4) is 10.4 Å². The zero-order chi connectivity index (χ0) is 26.3. The minimum absolute atomic E-state index is 0.0852. The lowest BCUT2D eigenvalue weighted by Crippen LogP contribution is -2.47. The molecule has 2 aliphatic rings. The number of carbonyl (C=O) groups excluding carboxylic acids is 1. The zero-order valence-electron chi connectivity index (χ0n) is 21.7. The molecule has 1 N–H and O–H groups in total. The van der Waals surface area contributed by atoms with Crippen LogP contribution in [0.1, 0.15) is 22.0 Å². The maximum absolute atomic E-state index is 13.1. The fourth-order valence-electron chi connectivity index (χ4n) is 5.41. The number of amides is 1. The molecular formula is C29H29N7O2S. The van der Waals surface area contributed by atoms with Crippen molar-refractivity contribution in [3.63, 3.8) is 0 Å². The molecule has 1 amide bonds. The van der Waals surface area contributed by atoms with Crippen LogP contribution in [-0.2, 0) is 4.74 Å². The Labute approximate surface area is 230 Å². The smallest absolute Gasteiger partial charge is 0.253 e. The normalized spacial score (nSPS) is 18.7. The van der Waals surface area contributed by atoms with Gasteiger partial charge in [-0.25, -0.2) is 9.97 Å². The summed E-state index contributed by atoms with van der Waals surface area (Å²) in [5.41, 5.74) is 4.80. The molecule has 5 heterocycles. The number of morpholine rings is 1. The van der Waals surface area contributed by atoms with Gasteiger partial charge in [0.05, 0.1) is 41.3 Å². The number of benzene rings is 2. The molecule has 5 aromatic rings. The van der Waals surface area contributed by atoms with Crippen LogP contribution >= 0.6 is 11.3 Å². The third-order valence-electron chi connectivity index (χ3n) is 7.66. The Morgan fingerprint density at radius 3 is 2.82 bits per heavy atom. The van der Waals surface area contributed by atoms with Gasteiger partial charge >= 0.3 is 0 Å². The summed E-state index contributed by atoms with van der Waals surface area (Å²) in [5, 5.41) is 8.32. The van der Waals surface area contributed by atoms with Crippen molar-refractivity contribution in [1.29, 1.82) is 0 Å². The highest BCUT2D eigenvalue weighted by Crippen LogP contribution is 2.35. The summed E-state index contributed by atoms with van der Waals surface area (Å²) in [6.07, 6.45) is 3.68. The molecule has 2 aromatic carbocycles. The summed E-state index contributed by atoms with van der Waals surface area (Å²) in [7, 11) is 2.09. The lowest BCUT2D eigenvalue weighted by Gasteiger charge is -2.33. The highest BCUT2D eigenvalue weighted by Gasteiger charge is 2.26. The molecule has 10 heteroatoms. The average molecular weight is 540 g/mol. The molecule has 2 aliphatic heterocycles. The van der Waals surface area contributed by atoms with Gasteiger partial charge in [-0.2, -0.15) is 5.10 Å². The predicted octanol–water partition coefficient (Wildman–Crippen LogP) is 4.20. The van der Waals surface area contributed by atoms with Gasteiger partial charge in [0.2, 0.25) is 5.95 Å². The number of aromatic nitrogens is 4. The fraction of sp³-hybridized carbons (Fsp3) is 0.310. The number of aromatic amines is 1. The monoisotopic (exact) mass is 539 g/mol. The Balaban J connectivity index is 1.12. The van der Waals surface area contributed by atoms with Crippen molar-refractivity contribution in [2.24, 2.45) is 0 Å². The number of anilines is 1. The number of hydrogen-bond donors (Lipinski definition) is 1. The Hall–Kier alpha value is -3.86. The molecule has 7 rings (SSSR count). The SMILES string of the molecule is CN1CCN(C(=O)c2cccc(-c3cc4nc(N5CCOC(c6cccc7[nH]ncc67)C5)ncc4s3)c2)CC1. The molecule has 1 unspecified atom stereocenters. The van der Waals surface area contributed by atoms with Crippen LogP contribution in [-0.4, -0.2) is 88.8 Å². The summed E-state index contributed by atoms with van der Waals surface area (Å²) in [6, 6.07) is 16.2. The Kier molecular flexibility index (Phi) is 6.22. The number of carbonyl (C=O) groups is 1. The van der Waals surface area contributed by atoms with Gasteiger partial charge in [-0.1, -0.05) is 24.3 Å². The number of nitrogens with zero attached hydrogens (tertiary/aromatic N) is 6. The summed E-state index contributed by atoms with van der Waals surface area (Å²) in [4.78, 5) is 30.3. The summed E-state index contributed by atoms with van der Waals surface area (Å²) in [6.45, 7) is 5.35. The first-order valence-corrected chi connectivity index (χ1v) is 14.1. The second-order valence-corrected chi connectivity index (χ2v) is 11.3. The molecule has 0 spiro atoms. The molecule has 9 nitrogen and oxygen atoms in total. The number of ether oxygens (including phenoxy) is 1. The van der Waals surface area contributed by atoms with E-state index in [1.165, 1.54) is 0 Å². The van der Waals surface area contributed by atoms with E-state index in [2.05, 4.69) is 45.2 Å². The highest BCUT2D eigenvalue weighted by molar-refractivity contribution is 7.22. The van der Waals surface area contributed by atoms with Crippen LogP contribution in [0, 0.1) is 0 Å². The Morgan fingerprint density at radius 2 is 1.92 bits per heavy atom. The van der Waals surface area contributed by atoms with Crippen molar-refractivity contribution in [3.05, 3.63) is 72.1 Å². The topological polar surface area (TPSA) is 90.5 Å². The van der Waals surface area contributed by atoms with Gasteiger partial charge in [0.15, 0.2) is 0 Å². The molecular weight excluding hydrogens is 510 g/mol. The standard InChI is InChI=1S/C29H29N7O2S/c1-34-8-10-35(11-9-34)28(37)20-5-2-4-19(14-20)26-15-24-27(39-26)17-30-29(32-24)36-12-13-38-25(18-36)21-6-3-7-23-22(21)16-31-33-23/h2-7,14-17,25H,8-13,18H2,1H3,(H,31,33). The molecule has 1 atom stereocenters. The van der Waals surface area contributed by atoms with Gasteiger partial charge in [0.1, 0.15) is 6.10 Å². The third-order valence-corrected chi connectivity index (χ3v) is 8.77. The van der Waals surface area contributed by atoms with E-state index in [1.54, 1.807) is 11.3 Å². The lowest BCUT2D eigenvalue weighted by atomic mass is 10.0. The van der Waals surface area contributed by atoms with Crippen molar-refractivity contribution in [1.82, 2.24) is 30.0 Å². The quantitative estimate of drug-likeness (QED) is 0.366. The summed E-state index contributed by atoms with van der Waals surface area (Å²) >= 11 is 1.65. The van der Waals surface area contributed by atoms with E-state index in [1.807, 2.05) is 47.6 Å². The van der Waals surface area contributed by atoms with E-state index in [-0.39, 0.29) is 12.0 Å². The van der Waals surface area contributed by atoms with Crippen molar-refractivity contribution < 1.29 is 9.53 Å².